The van der Waals surface area contributed by atoms with Crippen LogP contribution in [0, 0.1) is 0 Å². The van der Waals surface area contributed by atoms with E-state index in [0.29, 0.717) is 0 Å². The lowest BCUT2D eigenvalue weighted by atomic mass is 10.1. The lowest BCUT2D eigenvalue weighted by molar-refractivity contribution is 0.814. The first-order valence-corrected chi connectivity index (χ1v) is 5.30. The summed E-state index contributed by atoms with van der Waals surface area (Å²) < 4.78 is 0. The van der Waals surface area contributed by atoms with Gasteiger partial charge >= 0.3 is 0 Å². The summed E-state index contributed by atoms with van der Waals surface area (Å²) in [6.45, 7) is 6.28. The molecule has 0 aromatic heterocycles. The minimum absolute atomic E-state index is 0.229. The first-order valence-electron chi connectivity index (χ1n) is 4.92. The van der Waals surface area contributed by atoms with E-state index in [2.05, 4.69) is 25.8 Å². The van der Waals surface area contributed by atoms with Gasteiger partial charge in [-0.2, -0.15) is 0 Å². The molecule has 0 saturated carbocycles. The van der Waals surface area contributed by atoms with Crippen molar-refractivity contribution in [2.75, 3.05) is 0 Å². The molecule has 0 heterocycles. The molecule has 0 aliphatic carbocycles. The molecule has 1 nitrogen and oxygen atoms in total. The molecular weight excluding hydrogens is 194 g/mol. The molecule has 0 saturated heterocycles. The number of nitrogens with zero attached hydrogens (tertiary/aromatic N) is 1. The van der Waals surface area contributed by atoms with E-state index >= 15 is 0 Å². The van der Waals surface area contributed by atoms with Crippen LogP contribution in [0.15, 0.2) is 29.3 Å². The maximum Gasteiger partial charge on any atom is 0.0720 e. The van der Waals surface area contributed by atoms with Crippen LogP contribution in [-0.4, -0.2) is 5.71 Å². The van der Waals surface area contributed by atoms with Crippen LogP contribution in [0.4, 0.5) is 0 Å². The second kappa shape index (κ2) is 5.16. The van der Waals surface area contributed by atoms with Gasteiger partial charge in [0.25, 0.3) is 0 Å². The average Bonchev–Trinajstić information content (AvgIpc) is 2.18. The van der Waals surface area contributed by atoms with Crippen molar-refractivity contribution < 1.29 is 0 Å². The Hall–Kier alpha value is -0.820. The number of halogens is 1. The third-order valence-electron chi connectivity index (χ3n) is 2.28. The first-order chi connectivity index (χ1) is 6.63. The molecule has 0 bridgehead atoms. The van der Waals surface area contributed by atoms with Gasteiger partial charge in [-0.1, -0.05) is 30.7 Å². The fraction of sp³-hybridized carbons (Fsp3) is 0.417. The third kappa shape index (κ3) is 3.15. The number of aliphatic imine (C=N–C) groups is 1. The second-order valence-electron chi connectivity index (χ2n) is 3.45. The molecule has 0 N–H and O–H groups in total. The smallest absolute Gasteiger partial charge is 0.0720 e. The average molecular weight is 210 g/mol. The predicted octanol–water partition coefficient (Wildman–Crippen LogP) is 4.27. The molecule has 1 rings (SSSR count). The zero-order valence-corrected chi connectivity index (χ0v) is 9.67. The van der Waals surface area contributed by atoms with Crippen LogP contribution in [0.3, 0.4) is 0 Å². The molecule has 1 unspecified atom stereocenters. The summed E-state index contributed by atoms with van der Waals surface area (Å²) in [5, 5.41) is 0.775. The van der Waals surface area contributed by atoms with E-state index in [1.807, 2.05) is 24.3 Å². The molecule has 0 fully saturated rings. The van der Waals surface area contributed by atoms with E-state index in [1.165, 1.54) is 11.3 Å². The summed E-state index contributed by atoms with van der Waals surface area (Å²) in [6, 6.07) is 8.10. The van der Waals surface area contributed by atoms with Gasteiger partial charge in [-0.05, 0) is 38.0 Å². The minimum atomic E-state index is 0.229. The molecule has 1 aromatic carbocycles. The van der Waals surface area contributed by atoms with Gasteiger partial charge in [0.1, 0.15) is 0 Å². The molecule has 0 aliphatic heterocycles. The summed E-state index contributed by atoms with van der Waals surface area (Å²) in [4.78, 5) is 4.57. The van der Waals surface area contributed by atoms with Crippen molar-refractivity contribution in [2.45, 2.75) is 33.2 Å². The van der Waals surface area contributed by atoms with Crippen LogP contribution >= 0.6 is 11.6 Å². The van der Waals surface area contributed by atoms with E-state index in [9.17, 15) is 0 Å². The van der Waals surface area contributed by atoms with E-state index in [0.717, 1.165) is 11.4 Å². The Morgan fingerprint density at radius 3 is 2.43 bits per heavy atom. The van der Waals surface area contributed by atoms with Crippen molar-refractivity contribution in [1.29, 1.82) is 0 Å². The van der Waals surface area contributed by atoms with Crippen molar-refractivity contribution in [2.24, 2.45) is 4.99 Å². The second-order valence-corrected chi connectivity index (χ2v) is 3.88. The molecule has 14 heavy (non-hydrogen) atoms. The van der Waals surface area contributed by atoms with E-state index in [1.54, 1.807) is 0 Å². The Morgan fingerprint density at radius 2 is 1.93 bits per heavy atom. The van der Waals surface area contributed by atoms with E-state index < -0.39 is 0 Å². The van der Waals surface area contributed by atoms with Crippen molar-refractivity contribution in [3.8, 4) is 0 Å². The van der Waals surface area contributed by atoms with Gasteiger partial charge < -0.3 is 0 Å². The Balaban J connectivity index is 2.79. The minimum Gasteiger partial charge on any atom is -0.287 e. The third-order valence-corrected chi connectivity index (χ3v) is 2.53. The molecular formula is C12H16ClN. The molecule has 0 amide bonds. The van der Waals surface area contributed by atoms with Crippen LogP contribution in [0.25, 0.3) is 0 Å². The van der Waals surface area contributed by atoms with Gasteiger partial charge in [-0.3, -0.25) is 4.99 Å². The summed E-state index contributed by atoms with van der Waals surface area (Å²) in [7, 11) is 0. The number of benzene rings is 1. The topological polar surface area (TPSA) is 12.4 Å². The molecule has 1 aromatic rings. The zero-order chi connectivity index (χ0) is 10.6. The lowest BCUT2D eigenvalue weighted by Gasteiger charge is -2.08. The number of hydrogen-bond donors (Lipinski definition) is 0. The Kier molecular flexibility index (Phi) is 4.15. The van der Waals surface area contributed by atoms with Gasteiger partial charge in [0.2, 0.25) is 0 Å². The van der Waals surface area contributed by atoms with Crippen LogP contribution in [0.1, 0.15) is 38.8 Å². The van der Waals surface area contributed by atoms with Crippen LogP contribution in [-0.2, 0) is 0 Å². The molecule has 76 valence electrons. The van der Waals surface area contributed by atoms with E-state index in [-0.39, 0.29) is 6.04 Å². The van der Waals surface area contributed by atoms with Crippen LogP contribution < -0.4 is 0 Å². The lowest BCUT2D eigenvalue weighted by Crippen LogP contribution is -1.95. The van der Waals surface area contributed by atoms with Crippen molar-refractivity contribution in [3.05, 3.63) is 34.9 Å². The fourth-order valence-corrected chi connectivity index (χ4v) is 1.36. The van der Waals surface area contributed by atoms with Crippen molar-refractivity contribution >= 4 is 17.3 Å². The normalized spacial score (nSPS) is 14.1. The molecule has 1 atom stereocenters. The highest BCUT2D eigenvalue weighted by atomic mass is 35.5. The largest absolute Gasteiger partial charge is 0.287 e. The summed E-state index contributed by atoms with van der Waals surface area (Å²) in [5.74, 6) is 0. The first kappa shape index (κ1) is 11.3. The Bertz CT molecular complexity index is 314. The van der Waals surface area contributed by atoms with Gasteiger partial charge in [0, 0.05) is 10.7 Å². The molecule has 0 spiro atoms. The van der Waals surface area contributed by atoms with Crippen LogP contribution in [0.2, 0.25) is 5.02 Å². The summed E-state index contributed by atoms with van der Waals surface area (Å²) >= 11 is 5.81. The highest BCUT2D eigenvalue weighted by molar-refractivity contribution is 6.30. The monoisotopic (exact) mass is 209 g/mol. The zero-order valence-electron chi connectivity index (χ0n) is 8.92. The SMILES string of the molecule is CC/C(C)=N/C(C)c1ccc(Cl)cc1. The molecule has 0 radical (unpaired) electrons. The van der Waals surface area contributed by atoms with Gasteiger partial charge in [-0.15, -0.1) is 0 Å². The van der Waals surface area contributed by atoms with Gasteiger partial charge in [-0.25, -0.2) is 0 Å². The molecule has 2 heteroatoms. The maximum atomic E-state index is 5.81. The standard InChI is InChI=1S/C12H16ClN/c1-4-9(2)14-10(3)11-5-7-12(13)8-6-11/h5-8,10H,4H2,1-3H3/b14-9+. The summed E-state index contributed by atoms with van der Waals surface area (Å²) in [6.07, 6.45) is 1.01. The Labute approximate surface area is 90.8 Å². The summed E-state index contributed by atoms with van der Waals surface area (Å²) in [5.41, 5.74) is 2.40. The fourth-order valence-electron chi connectivity index (χ4n) is 1.24. The van der Waals surface area contributed by atoms with Crippen molar-refractivity contribution in [1.82, 2.24) is 0 Å². The predicted molar refractivity (Wildman–Crippen MR) is 63.3 cm³/mol. The van der Waals surface area contributed by atoms with Crippen molar-refractivity contribution in [3.63, 3.8) is 0 Å². The van der Waals surface area contributed by atoms with E-state index in [4.69, 9.17) is 11.6 Å². The Morgan fingerprint density at radius 1 is 1.36 bits per heavy atom. The maximum absolute atomic E-state index is 5.81. The quantitative estimate of drug-likeness (QED) is 0.660. The number of hydrogen-bond acceptors (Lipinski definition) is 1. The highest BCUT2D eigenvalue weighted by Gasteiger charge is 2.02. The highest BCUT2D eigenvalue weighted by Crippen LogP contribution is 2.19. The van der Waals surface area contributed by atoms with Gasteiger partial charge in [0.05, 0.1) is 6.04 Å². The van der Waals surface area contributed by atoms with Crippen LogP contribution in [0.5, 0.6) is 0 Å². The van der Waals surface area contributed by atoms with Gasteiger partial charge in [0.15, 0.2) is 0 Å². The molecule has 0 aliphatic rings. The number of rotatable bonds is 3.